The Kier molecular flexibility index (Phi) is 4.75. The number of nitrogens with one attached hydrogen (secondary N) is 1. The third-order valence-electron chi connectivity index (χ3n) is 2.20. The van der Waals surface area contributed by atoms with Crippen LogP contribution < -0.4 is 9.61 Å². The van der Waals surface area contributed by atoms with Gasteiger partial charge in [0.1, 0.15) is 11.5 Å². The van der Waals surface area contributed by atoms with E-state index in [0.29, 0.717) is 5.75 Å². The van der Waals surface area contributed by atoms with E-state index in [-0.39, 0.29) is 5.78 Å². The Hall–Kier alpha value is -0.830. The summed E-state index contributed by atoms with van der Waals surface area (Å²) in [4.78, 5) is 11.0. The van der Waals surface area contributed by atoms with Crippen LogP contribution in [0.4, 0.5) is 0 Å². The maximum Gasteiger partial charge on any atom is 0.409 e. The van der Waals surface area contributed by atoms with Gasteiger partial charge in [-0.05, 0) is 32.9 Å². The van der Waals surface area contributed by atoms with Crippen LogP contribution in [0.5, 0.6) is 5.75 Å². The molecule has 0 aromatic heterocycles. The molecule has 4 nitrogen and oxygen atoms in total. The van der Waals surface area contributed by atoms with Crippen LogP contribution in [0.15, 0.2) is 24.3 Å². The van der Waals surface area contributed by atoms with Crippen molar-refractivity contribution >= 4 is 23.9 Å². The molecule has 1 aromatic rings. The topological polar surface area (TPSA) is 55.4 Å². The average molecular weight is 276 g/mol. The molecule has 0 spiro atoms. The van der Waals surface area contributed by atoms with Gasteiger partial charge in [-0.1, -0.05) is 17.7 Å². The highest BCUT2D eigenvalue weighted by Gasteiger charge is 2.25. The van der Waals surface area contributed by atoms with Crippen LogP contribution in [-0.2, 0) is 9.36 Å². The highest BCUT2D eigenvalue weighted by Crippen LogP contribution is 2.48. The first-order valence-electron chi connectivity index (χ1n) is 5.14. The van der Waals surface area contributed by atoms with E-state index >= 15 is 0 Å². The van der Waals surface area contributed by atoms with E-state index in [2.05, 4.69) is 5.09 Å². The van der Waals surface area contributed by atoms with Crippen LogP contribution >= 0.6 is 18.1 Å². The van der Waals surface area contributed by atoms with Gasteiger partial charge in [0.2, 0.25) is 0 Å². The van der Waals surface area contributed by atoms with Crippen LogP contribution in [0.2, 0.25) is 0 Å². The van der Waals surface area contributed by atoms with Crippen LogP contribution in [0, 0.1) is 6.92 Å². The minimum atomic E-state index is -3.54. The Labute approximate surface area is 106 Å². The van der Waals surface area contributed by atoms with E-state index in [1.807, 2.05) is 19.1 Å². The first-order valence-corrected chi connectivity index (χ1v) is 7.67. The van der Waals surface area contributed by atoms with Gasteiger partial charge in [-0.25, -0.2) is 9.65 Å². The molecule has 0 aliphatic rings. The zero-order chi connectivity index (χ0) is 13.1. The molecule has 6 heteroatoms. The van der Waals surface area contributed by atoms with Crippen molar-refractivity contribution in [2.24, 2.45) is 0 Å². The molecule has 0 fully saturated rings. The van der Waals surface area contributed by atoms with E-state index in [9.17, 15) is 9.36 Å². The minimum Gasteiger partial charge on any atom is -0.422 e. The Balaban J connectivity index is 2.69. The molecule has 0 saturated carbocycles. The maximum absolute atomic E-state index is 11.9. The lowest BCUT2D eigenvalue weighted by Crippen LogP contribution is -2.29. The van der Waals surface area contributed by atoms with Crippen molar-refractivity contribution < 1.29 is 13.9 Å². The molecule has 1 unspecified atom stereocenters. The van der Waals surface area contributed by atoms with Crippen molar-refractivity contribution in [3.05, 3.63) is 29.8 Å². The van der Waals surface area contributed by atoms with Gasteiger partial charge in [-0.3, -0.25) is 4.79 Å². The predicted octanol–water partition coefficient (Wildman–Crippen LogP) is 3.29. The smallest absolute Gasteiger partial charge is 0.409 e. The summed E-state index contributed by atoms with van der Waals surface area (Å²) in [6, 6.07) is 6.37. The normalized spacial score (nSPS) is 16.0. The molecule has 0 saturated heterocycles. The van der Waals surface area contributed by atoms with Crippen molar-refractivity contribution in [3.8, 4) is 5.75 Å². The summed E-state index contributed by atoms with van der Waals surface area (Å²) in [5.74, 6) is 0.246. The van der Waals surface area contributed by atoms with Crippen molar-refractivity contribution in [1.29, 1.82) is 0 Å². The number of carbonyl (C=O) groups is 1. The molecule has 94 valence electrons. The number of carbonyl (C=O) groups excluding carboxylic acids is 1. The highest BCUT2D eigenvalue weighted by molar-refractivity contribution is 7.84. The van der Waals surface area contributed by atoms with E-state index in [0.717, 1.165) is 5.56 Å². The molecule has 1 aromatic carbocycles. The molecule has 0 bridgehead atoms. The third kappa shape index (κ3) is 4.90. The summed E-state index contributed by atoms with van der Waals surface area (Å²) < 4.78 is 17.0. The lowest BCUT2D eigenvalue weighted by molar-refractivity contribution is -0.118. The lowest BCUT2D eigenvalue weighted by atomic mass is 10.2. The second-order valence-electron chi connectivity index (χ2n) is 3.85. The quantitative estimate of drug-likeness (QED) is 0.838. The Bertz CT molecular complexity index is 447. The molecule has 2 atom stereocenters. The summed E-state index contributed by atoms with van der Waals surface area (Å²) in [7, 11) is 0. The predicted molar refractivity (Wildman–Crippen MR) is 68.5 cm³/mol. The molecule has 0 aliphatic carbocycles. The molecule has 0 heterocycles. The molecule has 1 rings (SSSR count). The second kappa shape index (κ2) is 5.67. The Morgan fingerprint density at radius 3 is 2.41 bits per heavy atom. The van der Waals surface area contributed by atoms with Crippen molar-refractivity contribution in [2.75, 3.05) is 0 Å². The summed E-state index contributed by atoms with van der Waals surface area (Å²) in [5, 5.41) is 2.47. The zero-order valence-corrected chi connectivity index (χ0v) is 11.6. The van der Waals surface area contributed by atoms with Gasteiger partial charge in [0.25, 0.3) is 0 Å². The van der Waals surface area contributed by atoms with Crippen molar-refractivity contribution in [3.63, 3.8) is 0 Å². The molecule has 0 radical (unpaired) electrons. The van der Waals surface area contributed by atoms with E-state index < -0.39 is 12.9 Å². The van der Waals surface area contributed by atoms with Crippen molar-refractivity contribution in [2.45, 2.75) is 26.8 Å². The largest absolute Gasteiger partial charge is 0.422 e. The fraction of sp³-hybridized carbons (Fsp3) is 0.364. The van der Waals surface area contributed by atoms with Gasteiger partial charge in [-0.2, -0.15) is 0 Å². The number of hydrogen-bond acceptors (Lipinski definition) is 3. The first-order chi connectivity index (χ1) is 7.80. The van der Waals surface area contributed by atoms with Gasteiger partial charge in [0, 0.05) is 11.2 Å². The molecule has 0 amide bonds. The number of halogens is 1. The monoisotopic (exact) mass is 275 g/mol. The van der Waals surface area contributed by atoms with Gasteiger partial charge >= 0.3 is 6.87 Å². The number of Topliss-reactive ketones (excluding diaryl/α,β-unsaturated/α-hetero) is 1. The van der Waals surface area contributed by atoms with Gasteiger partial charge < -0.3 is 4.52 Å². The van der Waals surface area contributed by atoms with E-state index in [1.54, 1.807) is 19.1 Å². The average Bonchev–Trinajstić information content (AvgIpc) is 2.20. The number of hydrogen-bond donors (Lipinski definition) is 1. The minimum absolute atomic E-state index is 0.154. The van der Waals surface area contributed by atoms with Gasteiger partial charge in [-0.15, -0.1) is 0 Å². The van der Waals surface area contributed by atoms with Gasteiger partial charge in [0.15, 0.2) is 0 Å². The molecular weight excluding hydrogens is 261 g/mol. The number of aryl methyl sites for hydroxylation is 1. The standard InChI is InChI=1S/C11H15ClNO3P/c1-8-4-6-11(7-5-8)16-17(12,15)13-9(2)10(3)14/h4-7,9H,1-3H3,(H,13,15)/t9-,17?/m0/s1. The van der Waals surface area contributed by atoms with Crippen LogP contribution in [0.1, 0.15) is 19.4 Å². The third-order valence-corrected chi connectivity index (χ3v) is 3.84. The maximum atomic E-state index is 11.9. The van der Waals surface area contributed by atoms with Crippen molar-refractivity contribution in [1.82, 2.24) is 5.09 Å². The van der Waals surface area contributed by atoms with E-state index in [4.69, 9.17) is 15.8 Å². The first kappa shape index (κ1) is 14.2. The fourth-order valence-corrected chi connectivity index (χ4v) is 2.85. The lowest BCUT2D eigenvalue weighted by Gasteiger charge is -2.17. The summed E-state index contributed by atoms with van der Waals surface area (Å²) in [6.45, 7) is 1.36. The number of rotatable bonds is 5. The second-order valence-corrected chi connectivity index (χ2v) is 6.58. The highest BCUT2D eigenvalue weighted by atomic mass is 35.7. The molecule has 0 aliphatic heterocycles. The fourth-order valence-electron chi connectivity index (χ4n) is 1.08. The summed E-state index contributed by atoms with van der Waals surface area (Å²) >= 11 is 5.72. The van der Waals surface area contributed by atoms with Crippen LogP contribution in [0.25, 0.3) is 0 Å². The molecule has 1 N–H and O–H groups in total. The zero-order valence-electron chi connectivity index (χ0n) is 9.94. The molecular formula is C11H15ClNO3P. The number of benzene rings is 1. The van der Waals surface area contributed by atoms with Gasteiger partial charge in [0.05, 0.1) is 6.04 Å². The van der Waals surface area contributed by atoms with Crippen LogP contribution in [-0.4, -0.2) is 11.8 Å². The van der Waals surface area contributed by atoms with Crippen LogP contribution in [0.3, 0.4) is 0 Å². The number of ketones is 1. The Morgan fingerprint density at radius 2 is 1.94 bits per heavy atom. The van der Waals surface area contributed by atoms with E-state index in [1.165, 1.54) is 6.92 Å². The molecule has 17 heavy (non-hydrogen) atoms. The Morgan fingerprint density at radius 1 is 1.41 bits per heavy atom. The summed E-state index contributed by atoms with van der Waals surface area (Å²) in [6.07, 6.45) is 0. The summed E-state index contributed by atoms with van der Waals surface area (Å²) in [5.41, 5.74) is 1.06. The SMILES string of the molecule is CC(=O)[C@H](C)NP(=O)(Cl)Oc1ccc(C)cc1.